The molecule has 6 nitrogen and oxygen atoms in total. The van der Waals surface area contributed by atoms with Gasteiger partial charge in [0.25, 0.3) is 0 Å². The second-order valence-corrected chi connectivity index (χ2v) is 7.28. The molecular weight excluding hydrogens is 290 g/mol. The van der Waals surface area contributed by atoms with E-state index < -0.39 is 15.9 Å². The molecule has 1 heterocycles. The first kappa shape index (κ1) is 15.9. The predicted molar refractivity (Wildman–Crippen MR) is 81.2 cm³/mol. The number of carbonyl (C=O) groups excluding carboxylic acids is 1. The molecule has 0 unspecified atom stereocenters. The molecule has 1 aromatic rings. The van der Waals surface area contributed by atoms with Crippen LogP contribution in [0.25, 0.3) is 0 Å². The van der Waals surface area contributed by atoms with Crippen LogP contribution in [0.3, 0.4) is 0 Å². The van der Waals surface area contributed by atoms with Gasteiger partial charge in [0.05, 0.1) is 6.26 Å². The van der Waals surface area contributed by atoms with Gasteiger partial charge >= 0.3 is 0 Å². The number of hydrogen-bond acceptors (Lipinski definition) is 4. The van der Waals surface area contributed by atoms with Gasteiger partial charge in [-0.3, -0.25) is 9.69 Å². The van der Waals surface area contributed by atoms with Crippen molar-refractivity contribution in [3.63, 3.8) is 0 Å². The Bertz CT molecular complexity index is 590. The van der Waals surface area contributed by atoms with E-state index in [0.717, 1.165) is 38.0 Å². The Kier molecular flexibility index (Phi) is 4.97. The van der Waals surface area contributed by atoms with E-state index in [1.165, 1.54) is 6.26 Å². The van der Waals surface area contributed by atoms with Crippen LogP contribution in [0.15, 0.2) is 24.3 Å². The Morgan fingerprint density at radius 3 is 2.33 bits per heavy atom. The lowest BCUT2D eigenvalue weighted by Gasteiger charge is -2.31. The van der Waals surface area contributed by atoms with Gasteiger partial charge in [0.1, 0.15) is 0 Å². The highest BCUT2D eigenvalue weighted by molar-refractivity contribution is 7.88. The fourth-order valence-corrected chi connectivity index (χ4v) is 3.39. The number of likely N-dealkylation sites (tertiary alicyclic amines) is 1. The highest BCUT2D eigenvalue weighted by atomic mass is 32.2. The van der Waals surface area contributed by atoms with Crippen molar-refractivity contribution in [3.8, 4) is 0 Å². The summed E-state index contributed by atoms with van der Waals surface area (Å²) >= 11 is 0. The summed E-state index contributed by atoms with van der Waals surface area (Å²) in [7, 11) is -3.13. The first-order chi connectivity index (χ1) is 9.83. The summed E-state index contributed by atoms with van der Waals surface area (Å²) in [6.07, 6.45) is 2.82. The molecule has 3 N–H and O–H groups in total. The maximum absolute atomic E-state index is 11.2. The zero-order valence-electron chi connectivity index (χ0n) is 12.1. The van der Waals surface area contributed by atoms with E-state index in [-0.39, 0.29) is 6.04 Å². The Morgan fingerprint density at radius 2 is 1.86 bits per heavy atom. The van der Waals surface area contributed by atoms with E-state index in [2.05, 4.69) is 9.62 Å². The number of rotatable bonds is 5. The summed E-state index contributed by atoms with van der Waals surface area (Å²) in [5, 5.41) is 0. The molecule has 1 aromatic carbocycles. The second kappa shape index (κ2) is 6.55. The number of nitrogens with one attached hydrogen (secondary N) is 1. The Morgan fingerprint density at radius 1 is 1.29 bits per heavy atom. The van der Waals surface area contributed by atoms with Crippen LogP contribution in [-0.4, -0.2) is 44.6 Å². The van der Waals surface area contributed by atoms with E-state index >= 15 is 0 Å². The molecule has 0 bridgehead atoms. The lowest BCUT2D eigenvalue weighted by Crippen LogP contribution is -2.43. The standard InChI is InChI=1S/C14H21N3O3S/c1-21(19,20)16-13-6-8-17(9-7-13)10-11-2-4-12(5-3-11)14(15)18/h2-5,13,16H,6-10H2,1H3,(H2,15,18). The molecule has 1 aliphatic heterocycles. The zero-order valence-corrected chi connectivity index (χ0v) is 12.9. The van der Waals surface area contributed by atoms with Gasteiger partial charge in [-0.05, 0) is 30.5 Å². The molecule has 7 heteroatoms. The Hall–Kier alpha value is -1.44. The lowest BCUT2D eigenvalue weighted by atomic mass is 10.0. The molecule has 0 saturated carbocycles. The predicted octanol–water partition coefficient (Wildman–Crippen LogP) is 0.299. The van der Waals surface area contributed by atoms with Gasteiger partial charge in [0.15, 0.2) is 0 Å². The first-order valence-corrected chi connectivity index (χ1v) is 8.81. The van der Waals surface area contributed by atoms with Gasteiger partial charge in [-0.1, -0.05) is 12.1 Å². The van der Waals surface area contributed by atoms with Crippen molar-refractivity contribution in [1.29, 1.82) is 0 Å². The third-order valence-corrected chi connectivity index (χ3v) is 4.37. The van der Waals surface area contributed by atoms with Crippen molar-refractivity contribution in [2.24, 2.45) is 5.73 Å². The van der Waals surface area contributed by atoms with Crippen LogP contribution in [0.2, 0.25) is 0 Å². The van der Waals surface area contributed by atoms with Crippen LogP contribution in [0.1, 0.15) is 28.8 Å². The monoisotopic (exact) mass is 311 g/mol. The van der Waals surface area contributed by atoms with Crippen LogP contribution in [0.5, 0.6) is 0 Å². The van der Waals surface area contributed by atoms with Crippen LogP contribution < -0.4 is 10.5 Å². The molecule has 1 saturated heterocycles. The number of primary amides is 1. The maximum Gasteiger partial charge on any atom is 0.248 e. The smallest absolute Gasteiger partial charge is 0.248 e. The quantitative estimate of drug-likeness (QED) is 0.818. The van der Waals surface area contributed by atoms with E-state index in [4.69, 9.17) is 5.73 Å². The van der Waals surface area contributed by atoms with Crippen molar-refractivity contribution in [3.05, 3.63) is 35.4 Å². The molecule has 21 heavy (non-hydrogen) atoms. The van der Waals surface area contributed by atoms with Crippen LogP contribution in [-0.2, 0) is 16.6 Å². The largest absolute Gasteiger partial charge is 0.366 e. The summed E-state index contributed by atoms with van der Waals surface area (Å²) in [6.45, 7) is 2.50. The normalized spacial score (nSPS) is 17.8. The highest BCUT2D eigenvalue weighted by Crippen LogP contribution is 2.15. The fourth-order valence-electron chi connectivity index (χ4n) is 2.54. The van der Waals surface area contributed by atoms with Crippen molar-refractivity contribution in [2.45, 2.75) is 25.4 Å². The molecule has 2 rings (SSSR count). The molecule has 0 radical (unpaired) electrons. The van der Waals surface area contributed by atoms with Crippen molar-refractivity contribution >= 4 is 15.9 Å². The van der Waals surface area contributed by atoms with Crippen LogP contribution in [0, 0.1) is 0 Å². The van der Waals surface area contributed by atoms with Gasteiger partial charge in [-0.2, -0.15) is 0 Å². The summed E-state index contributed by atoms with van der Waals surface area (Å²) in [6, 6.07) is 7.31. The van der Waals surface area contributed by atoms with E-state index in [9.17, 15) is 13.2 Å². The molecular formula is C14H21N3O3S. The molecule has 1 amide bonds. The first-order valence-electron chi connectivity index (χ1n) is 6.92. The van der Waals surface area contributed by atoms with Gasteiger partial charge in [-0.15, -0.1) is 0 Å². The third-order valence-electron chi connectivity index (χ3n) is 3.61. The number of nitrogens with two attached hydrogens (primary N) is 1. The minimum Gasteiger partial charge on any atom is -0.366 e. The molecule has 116 valence electrons. The number of amides is 1. The fraction of sp³-hybridized carbons (Fsp3) is 0.500. The molecule has 1 fully saturated rings. The lowest BCUT2D eigenvalue weighted by molar-refractivity contribution is 0.1000. The van der Waals surface area contributed by atoms with Gasteiger partial charge in [-0.25, -0.2) is 13.1 Å². The van der Waals surface area contributed by atoms with E-state index in [0.29, 0.717) is 5.56 Å². The molecule has 1 aliphatic rings. The number of hydrogen-bond donors (Lipinski definition) is 2. The SMILES string of the molecule is CS(=O)(=O)NC1CCN(Cc2ccc(C(N)=O)cc2)CC1. The average molecular weight is 311 g/mol. The van der Waals surface area contributed by atoms with Crippen molar-refractivity contribution in [2.75, 3.05) is 19.3 Å². The maximum atomic E-state index is 11.2. The van der Waals surface area contributed by atoms with Crippen LogP contribution >= 0.6 is 0 Å². The summed E-state index contributed by atoms with van der Waals surface area (Å²) in [5.41, 5.74) is 6.84. The van der Waals surface area contributed by atoms with Gasteiger partial charge in [0.2, 0.25) is 15.9 Å². The Balaban J connectivity index is 1.84. The molecule has 0 aromatic heterocycles. The van der Waals surface area contributed by atoms with Crippen LogP contribution in [0.4, 0.5) is 0 Å². The van der Waals surface area contributed by atoms with E-state index in [1.807, 2.05) is 12.1 Å². The second-order valence-electron chi connectivity index (χ2n) is 5.50. The van der Waals surface area contributed by atoms with Crippen molar-refractivity contribution < 1.29 is 13.2 Å². The minimum absolute atomic E-state index is 0.0356. The zero-order chi connectivity index (χ0) is 15.5. The van der Waals surface area contributed by atoms with Gasteiger partial charge < -0.3 is 5.73 Å². The highest BCUT2D eigenvalue weighted by Gasteiger charge is 2.21. The van der Waals surface area contributed by atoms with Crippen molar-refractivity contribution in [1.82, 2.24) is 9.62 Å². The molecule has 0 atom stereocenters. The summed E-state index contributed by atoms with van der Waals surface area (Å²) in [4.78, 5) is 13.3. The minimum atomic E-state index is -3.13. The third kappa shape index (κ3) is 5.11. The van der Waals surface area contributed by atoms with Gasteiger partial charge in [0, 0.05) is 31.2 Å². The summed E-state index contributed by atoms with van der Waals surface area (Å²) in [5.74, 6) is -0.422. The molecule has 0 aliphatic carbocycles. The van der Waals surface area contributed by atoms with E-state index in [1.54, 1.807) is 12.1 Å². The molecule has 0 spiro atoms. The number of piperidine rings is 1. The number of nitrogens with zero attached hydrogens (tertiary/aromatic N) is 1. The number of carbonyl (C=O) groups is 1. The number of benzene rings is 1. The Labute approximate surface area is 125 Å². The average Bonchev–Trinajstić information content (AvgIpc) is 2.40. The topological polar surface area (TPSA) is 92.5 Å². The number of sulfonamides is 1. The summed E-state index contributed by atoms with van der Waals surface area (Å²) < 4.78 is 25.0.